The van der Waals surface area contributed by atoms with Gasteiger partial charge in [0, 0.05) is 0 Å². The van der Waals surface area contributed by atoms with Crippen LogP contribution in [0, 0.1) is 0 Å². The van der Waals surface area contributed by atoms with Crippen LogP contribution >= 0.6 is 0 Å². The maximum Gasteiger partial charge on any atom is 0.308 e. The average molecular weight is 459 g/mol. The Morgan fingerprint density at radius 3 is 1.22 bits per heavy atom. The summed E-state index contributed by atoms with van der Waals surface area (Å²) in [4.78, 5) is 11.1. The molecule has 0 aliphatic rings. The molecule has 0 saturated carbocycles. The lowest BCUT2D eigenvalue weighted by atomic mass is 10.0. The van der Waals surface area contributed by atoms with Crippen LogP contribution in [0.2, 0.25) is 0 Å². The smallest absolute Gasteiger partial charge is 0.308 e. The van der Waals surface area contributed by atoms with E-state index in [1.807, 2.05) is 6.92 Å². The fourth-order valence-corrected chi connectivity index (χ4v) is 4.22. The molecule has 192 valence electrons. The van der Waals surface area contributed by atoms with Gasteiger partial charge in [-0.25, -0.2) is 0 Å². The van der Waals surface area contributed by atoms with E-state index in [9.17, 15) is 20.1 Å². The van der Waals surface area contributed by atoms with Crippen LogP contribution in [0.25, 0.3) is 0 Å². The number of unbranched alkanes of at least 4 members (excludes halogenated alkanes) is 14. The molecule has 0 bridgehead atoms. The van der Waals surface area contributed by atoms with Crippen molar-refractivity contribution in [2.75, 3.05) is 7.11 Å². The van der Waals surface area contributed by atoms with Gasteiger partial charge < -0.3 is 20.1 Å². The maximum absolute atomic E-state index is 11.1. The Labute approximate surface area is 198 Å². The van der Waals surface area contributed by atoms with E-state index in [0.717, 1.165) is 51.4 Å². The van der Waals surface area contributed by atoms with E-state index < -0.39 is 6.10 Å². The number of carbonyl (C=O) groups is 1. The average Bonchev–Trinajstić information content (AvgIpc) is 2.75. The number of aliphatic hydroxyl groups excluding tert-OH is 3. The van der Waals surface area contributed by atoms with E-state index >= 15 is 0 Å². The Balaban J connectivity index is 3.23. The first-order chi connectivity index (χ1) is 15.5. The zero-order valence-corrected chi connectivity index (χ0v) is 21.2. The minimum absolute atomic E-state index is 0.113. The van der Waals surface area contributed by atoms with Crippen molar-refractivity contribution in [1.29, 1.82) is 0 Å². The van der Waals surface area contributed by atoms with Crippen LogP contribution in [0.15, 0.2) is 0 Å². The molecule has 0 amide bonds. The Bertz CT molecular complexity index is 400. The second-order valence-corrected chi connectivity index (χ2v) is 9.75. The molecule has 0 fully saturated rings. The minimum atomic E-state index is -0.555. The van der Waals surface area contributed by atoms with Crippen LogP contribution in [0.4, 0.5) is 0 Å². The van der Waals surface area contributed by atoms with Crippen molar-refractivity contribution in [3.63, 3.8) is 0 Å². The monoisotopic (exact) mass is 458 g/mol. The highest BCUT2D eigenvalue weighted by molar-refractivity contribution is 5.69. The van der Waals surface area contributed by atoms with Crippen molar-refractivity contribution < 1.29 is 24.9 Å². The zero-order valence-electron chi connectivity index (χ0n) is 21.2. The van der Waals surface area contributed by atoms with Crippen molar-refractivity contribution in [2.45, 2.75) is 160 Å². The van der Waals surface area contributed by atoms with Gasteiger partial charge in [0.1, 0.15) is 0 Å². The Morgan fingerprint density at radius 2 is 0.875 bits per heavy atom. The van der Waals surface area contributed by atoms with E-state index in [-0.39, 0.29) is 24.6 Å². The van der Waals surface area contributed by atoms with Gasteiger partial charge in [-0.1, -0.05) is 103 Å². The summed E-state index contributed by atoms with van der Waals surface area (Å²) in [7, 11) is 1.35. The molecule has 5 nitrogen and oxygen atoms in total. The third-order valence-corrected chi connectivity index (χ3v) is 6.36. The first-order valence-corrected chi connectivity index (χ1v) is 13.6. The molecule has 0 radical (unpaired) electrons. The predicted molar refractivity (Wildman–Crippen MR) is 133 cm³/mol. The van der Waals surface area contributed by atoms with Crippen LogP contribution in [0.5, 0.6) is 0 Å². The molecule has 32 heavy (non-hydrogen) atoms. The molecule has 3 N–H and O–H groups in total. The fourth-order valence-electron chi connectivity index (χ4n) is 4.22. The number of carbonyl (C=O) groups excluding carboxylic acids is 1. The minimum Gasteiger partial charge on any atom is -0.469 e. The van der Waals surface area contributed by atoms with Crippen LogP contribution in [-0.4, -0.2) is 46.7 Å². The van der Waals surface area contributed by atoms with Gasteiger partial charge in [-0.15, -0.1) is 0 Å². The predicted octanol–water partition coefficient (Wildman–Crippen LogP) is 6.45. The lowest BCUT2D eigenvalue weighted by Crippen LogP contribution is -2.14. The second-order valence-electron chi connectivity index (χ2n) is 9.75. The number of hydrogen-bond acceptors (Lipinski definition) is 5. The van der Waals surface area contributed by atoms with Crippen LogP contribution < -0.4 is 0 Å². The standard InChI is InChI=1S/C27H54O5/c1-24(28)19-15-11-10-14-17-21-25(29)20-16-12-8-6-4-3-5-7-9-13-18-22-26(30)23-27(31)32-2/h24-26,28-30H,3-23H2,1-2H3. The number of rotatable bonds is 24. The van der Waals surface area contributed by atoms with Gasteiger partial charge >= 0.3 is 5.97 Å². The molecule has 0 aliphatic carbocycles. The van der Waals surface area contributed by atoms with Crippen molar-refractivity contribution >= 4 is 5.97 Å². The summed E-state index contributed by atoms with van der Waals surface area (Å²) >= 11 is 0. The number of hydrogen-bond donors (Lipinski definition) is 3. The van der Waals surface area contributed by atoms with Gasteiger partial charge in [-0.2, -0.15) is 0 Å². The summed E-state index contributed by atoms with van der Waals surface area (Å²) in [6, 6.07) is 0. The molecule has 0 spiro atoms. The SMILES string of the molecule is COC(=O)CC(O)CCCCCCCCCCCCCC(O)CCCCCCCC(C)O. The van der Waals surface area contributed by atoms with Gasteiger partial charge in [0.15, 0.2) is 0 Å². The summed E-state index contributed by atoms with van der Waals surface area (Å²) in [5.74, 6) is -0.333. The highest BCUT2D eigenvalue weighted by atomic mass is 16.5. The van der Waals surface area contributed by atoms with Gasteiger partial charge in [0.25, 0.3) is 0 Å². The van der Waals surface area contributed by atoms with E-state index in [2.05, 4.69) is 4.74 Å². The number of esters is 1. The first-order valence-electron chi connectivity index (χ1n) is 13.6. The van der Waals surface area contributed by atoms with Crippen LogP contribution in [-0.2, 0) is 9.53 Å². The summed E-state index contributed by atoms with van der Waals surface area (Å²) < 4.78 is 4.56. The summed E-state index contributed by atoms with van der Waals surface area (Å²) in [6.45, 7) is 1.85. The summed E-state index contributed by atoms with van der Waals surface area (Å²) in [5.41, 5.74) is 0. The third-order valence-electron chi connectivity index (χ3n) is 6.36. The van der Waals surface area contributed by atoms with Crippen molar-refractivity contribution in [3.05, 3.63) is 0 Å². The highest BCUT2D eigenvalue weighted by Gasteiger charge is 2.10. The zero-order chi connectivity index (χ0) is 23.9. The van der Waals surface area contributed by atoms with Gasteiger partial charge in [0.2, 0.25) is 0 Å². The lowest BCUT2D eigenvalue weighted by Gasteiger charge is -2.10. The quantitative estimate of drug-likeness (QED) is 0.114. The van der Waals surface area contributed by atoms with Gasteiger partial charge in [-0.05, 0) is 32.6 Å². The van der Waals surface area contributed by atoms with Crippen LogP contribution in [0.1, 0.15) is 142 Å². The Hall–Kier alpha value is -0.650. The molecule has 0 rings (SSSR count). The molecule has 0 aromatic heterocycles. The number of methoxy groups -OCH3 is 1. The van der Waals surface area contributed by atoms with Gasteiger partial charge in [-0.3, -0.25) is 4.79 Å². The normalized spacial score (nSPS) is 14.3. The summed E-state index contributed by atoms with van der Waals surface area (Å²) in [5, 5.41) is 29.0. The molecule has 3 unspecified atom stereocenters. The molecule has 0 saturated heterocycles. The Kier molecular flexibility index (Phi) is 23.0. The molecule has 0 aliphatic heterocycles. The van der Waals surface area contributed by atoms with Gasteiger partial charge in [0.05, 0.1) is 31.8 Å². The third kappa shape index (κ3) is 24.0. The largest absolute Gasteiger partial charge is 0.469 e. The number of ether oxygens (including phenoxy) is 1. The molecule has 0 aromatic rings. The molecule has 3 atom stereocenters. The fraction of sp³-hybridized carbons (Fsp3) is 0.963. The molecule has 5 heteroatoms. The van der Waals surface area contributed by atoms with Crippen molar-refractivity contribution in [1.82, 2.24) is 0 Å². The Morgan fingerprint density at radius 1 is 0.562 bits per heavy atom. The van der Waals surface area contributed by atoms with E-state index in [1.165, 1.54) is 77.7 Å². The van der Waals surface area contributed by atoms with E-state index in [0.29, 0.717) is 6.42 Å². The number of aliphatic hydroxyl groups is 3. The van der Waals surface area contributed by atoms with Crippen LogP contribution in [0.3, 0.4) is 0 Å². The van der Waals surface area contributed by atoms with E-state index in [1.54, 1.807) is 0 Å². The molecular formula is C27H54O5. The lowest BCUT2D eigenvalue weighted by molar-refractivity contribution is -0.142. The topological polar surface area (TPSA) is 87.0 Å². The molecule has 0 aromatic carbocycles. The van der Waals surface area contributed by atoms with Crippen molar-refractivity contribution in [3.8, 4) is 0 Å². The first kappa shape index (κ1) is 31.4. The van der Waals surface area contributed by atoms with E-state index in [4.69, 9.17) is 0 Å². The second kappa shape index (κ2) is 23.5. The van der Waals surface area contributed by atoms with Crippen molar-refractivity contribution in [2.24, 2.45) is 0 Å². The summed E-state index contributed by atoms with van der Waals surface area (Å²) in [6.07, 6.45) is 22.1. The maximum atomic E-state index is 11.1. The highest BCUT2D eigenvalue weighted by Crippen LogP contribution is 2.16. The molecule has 0 heterocycles. The molecular weight excluding hydrogens is 404 g/mol.